The molecule has 2 bridgehead atoms. The van der Waals surface area contributed by atoms with E-state index in [0.717, 1.165) is 37.5 Å². The van der Waals surface area contributed by atoms with Crippen molar-refractivity contribution in [3.63, 3.8) is 0 Å². The number of benzene rings is 1. The fraction of sp³-hybridized carbons (Fsp3) is 0.650. The lowest BCUT2D eigenvalue weighted by atomic mass is 9.81. The van der Waals surface area contributed by atoms with Gasteiger partial charge in [-0.3, -0.25) is 4.79 Å². The lowest BCUT2D eigenvalue weighted by molar-refractivity contribution is 0.0977. The number of fused-ring (bicyclic) bond motifs is 2. The van der Waals surface area contributed by atoms with Crippen molar-refractivity contribution in [3.05, 3.63) is 29.1 Å². The summed E-state index contributed by atoms with van der Waals surface area (Å²) in [6.45, 7) is 0.544. The number of amides is 1. The van der Waals surface area contributed by atoms with E-state index < -0.39 is 21.7 Å². The minimum atomic E-state index is -3.75. The SMILES string of the molecule is CS(=O)(=O)NC(=O)c1cc(C2CC2)c(OCC2C[C@H]3CCC[C@@H](C2)N3)cc1F. The lowest BCUT2D eigenvalue weighted by Gasteiger charge is -2.40. The van der Waals surface area contributed by atoms with Crippen LogP contribution in [0.5, 0.6) is 5.75 Å². The van der Waals surface area contributed by atoms with Crippen LogP contribution < -0.4 is 14.8 Å². The predicted molar refractivity (Wildman–Crippen MR) is 103 cm³/mol. The first kappa shape index (κ1) is 19.6. The zero-order valence-electron chi connectivity index (χ0n) is 16.0. The Hall–Kier alpha value is -1.67. The molecule has 6 nitrogen and oxygen atoms in total. The smallest absolute Gasteiger partial charge is 0.267 e. The maximum atomic E-state index is 14.5. The molecule has 28 heavy (non-hydrogen) atoms. The van der Waals surface area contributed by atoms with Gasteiger partial charge in [0.2, 0.25) is 10.0 Å². The van der Waals surface area contributed by atoms with Crippen LogP contribution in [0.4, 0.5) is 4.39 Å². The topological polar surface area (TPSA) is 84.5 Å². The fourth-order valence-electron chi connectivity index (χ4n) is 4.53. The van der Waals surface area contributed by atoms with Crippen molar-refractivity contribution in [1.29, 1.82) is 0 Å². The third-order valence-corrected chi connectivity index (χ3v) is 6.48. The first-order chi connectivity index (χ1) is 13.3. The van der Waals surface area contributed by atoms with Crippen molar-refractivity contribution in [3.8, 4) is 5.75 Å². The number of halogens is 1. The molecular weight excluding hydrogens is 383 g/mol. The number of sulfonamides is 1. The lowest BCUT2D eigenvalue weighted by Crippen LogP contribution is -2.49. The van der Waals surface area contributed by atoms with Gasteiger partial charge in [0.1, 0.15) is 11.6 Å². The number of nitrogens with one attached hydrogen (secondary N) is 2. The van der Waals surface area contributed by atoms with Crippen LogP contribution in [-0.2, 0) is 10.0 Å². The van der Waals surface area contributed by atoms with E-state index in [1.165, 1.54) is 31.4 Å². The summed E-state index contributed by atoms with van der Waals surface area (Å²) in [6, 6.07) is 3.82. The third-order valence-electron chi connectivity index (χ3n) is 5.93. The standard InChI is InChI=1S/C20H27FN2O4S/c1-28(25,26)23-20(24)17-9-16(13-5-6-13)19(10-18(17)21)27-11-12-7-14-3-2-4-15(8-12)22-14/h9-10,12-15,22H,2-8,11H2,1H3,(H,23,24)/t12?,14-,15+. The molecule has 1 aliphatic carbocycles. The molecule has 2 N–H and O–H groups in total. The summed E-state index contributed by atoms with van der Waals surface area (Å²) in [5, 5.41) is 3.66. The molecule has 1 unspecified atom stereocenters. The summed E-state index contributed by atoms with van der Waals surface area (Å²) >= 11 is 0. The Labute approximate surface area is 165 Å². The second kappa shape index (κ2) is 7.63. The Morgan fingerprint density at radius 2 is 1.89 bits per heavy atom. The van der Waals surface area contributed by atoms with Crippen LogP contribution in [0.1, 0.15) is 66.8 Å². The zero-order chi connectivity index (χ0) is 19.9. The summed E-state index contributed by atoms with van der Waals surface area (Å²) in [4.78, 5) is 12.1. The molecule has 1 amide bonds. The molecule has 0 aromatic heterocycles. The second-order valence-corrected chi connectivity index (χ2v) is 10.2. The van der Waals surface area contributed by atoms with E-state index in [-0.39, 0.29) is 11.5 Å². The summed E-state index contributed by atoms with van der Waals surface area (Å²) in [7, 11) is -3.75. The molecule has 3 aliphatic rings. The van der Waals surface area contributed by atoms with Gasteiger partial charge in [-0.25, -0.2) is 17.5 Å². The van der Waals surface area contributed by atoms with Crippen LogP contribution in [0, 0.1) is 11.7 Å². The van der Waals surface area contributed by atoms with Crippen molar-refractivity contribution in [2.75, 3.05) is 12.9 Å². The van der Waals surface area contributed by atoms with E-state index in [0.29, 0.717) is 30.4 Å². The largest absolute Gasteiger partial charge is 0.493 e. The van der Waals surface area contributed by atoms with Crippen LogP contribution in [0.25, 0.3) is 0 Å². The number of ether oxygens (including phenoxy) is 1. The normalized spacial score (nSPS) is 27.3. The van der Waals surface area contributed by atoms with E-state index in [1.807, 2.05) is 4.72 Å². The minimum absolute atomic E-state index is 0.243. The van der Waals surface area contributed by atoms with Crippen molar-refractivity contribution < 1.29 is 22.3 Å². The molecule has 2 heterocycles. The van der Waals surface area contributed by atoms with Crippen LogP contribution in [0.2, 0.25) is 0 Å². The first-order valence-corrected chi connectivity index (χ1v) is 11.9. The zero-order valence-corrected chi connectivity index (χ0v) is 16.9. The molecule has 4 rings (SSSR count). The van der Waals surface area contributed by atoms with E-state index >= 15 is 0 Å². The predicted octanol–water partition coefficient (Wildman–Crippen LogP) is 2.69. The highest BCUT2D eigenvalue weighted by molar-refractivity contribution is 7.89. The molecule has 2 aliphatic heterocycles. The molecule has 0 spiro atoms. The van der Waals surface area contributed by atoms with Gasteiger partial charge >= 0.3 is 0 Å². The average Bonchev–Trinajstić information content (AvgIpc) is 3.43. The van der Waals surface area contributed by atoms with Crippen LogP contribution in [0.15, 0.2) is 12.1 Å². The molecule has 2 saturated heterocycles. The Morgan fingerprint density at radius 3 is 2.50 bits per heavy atom. The number of hydrogen-bond donors (Lipinski definition) is 2. The molecule has 3 atom stereocenters. The van der Waals surface area contributed by atoms with Crippen LogP contribution in [-0.4, -0.2) is 39.3 Å². The number of rotatable bonds is 6. The van der Waals surface area contributed by atoms with Gasteiger partial charge in [0.25, 0.3) is 5.91 Å². The third kappa shape index (κ3) is 4.66. The van der Waals surface area contributed by atoms with Gasteiger partial charge in [0, 0.05) is 18.2 Å². The van der Waals surface area contributed by atoms with Crippen molar-refractivity contribution in [1.82, 2.24) is 10.0 Å². The van der Waals surface area contributed by atoms with Crippen LogP contribution in [0.3, 0.4) is 0 Å². The highest BCUT2D eigenvalue weighted by Gasteiger charge is 2.33. The van der Waals surface area contributed by atoms with Gasteiger partial charge in [-0.15, -0.1) is 0 Å². The molecule has 8 heteroatoms. The maximum Gasteiger partial charge on any atom is 0.267 e. The number of hydrogen-bond acceptors (Lipinski definition) is 5. The minimum Gasteiger partial charge on any atom is -0.493 e. The van der Waals surface area contributed by atoms with Gasteiger partial charge in [0.05, 0.1) is 18.4 Å². The Balaban J connectivity index is 1.49. The summed E-state index contributed by atoms with van der Waals surface area (Å²) < 4.78 is 45.0. The monoisotopic (exact) mass is 410 g/mol. The summed E-state index contributed by atoms with van der Waals surface area (Å²) in [5.41, 5.74) is 0.547. The van der Waals surface area contributed by atoms with Crippen molar-refractivity contribution in [2.24, 2.45) is 5.92 Å². The maximum absolute atomic E-state index is 14.5. The first-order valence-electron chi connectivity index (χ1n) is 10.0. The molecule has 0 radical (unpaired) electrons. The summed E-state index contributed by atoms with van der Waals surface area (Å²) in [5.74, 6) is -0.533. The highest BCUT2D eigenvalue weighted by Crippen LogP contribution is 2.45. The van der Waals surface area contributed by atoms with Crippen LogP contribution >= 0.6 is 0 Å². The summed E-state index contributed by atoms with van der Waals surface area (Å²) in [6.07, 6.45) is 8.65. The Morgan fingerprint density at radius 1 is 1.21 bits per heavy atom. The molecule has 1 aromatic carbocycles. The number of carbonyl (C=O) groups excluding carboxylic acids is 1. The van der Waals surface area contributed by atoms with Gasteiger partial charge in [-0.1, -0.05) is 6.42 Å². The van der Waals surface area contributed by atoms with E-state index in [9.17, 15) is 17.6 Å². The van der Waals surface area contributed by atoms with Gasteiger partial charge in [0.15, 0.2) is 0 Å². The average molecular weight is 411 g/mol. The second-order valence-electron chi connectivity index (χ2n) is 8.49. The number of piperidine rings is 2. The van der Waals surface area contributed by atoms with Crippen molar-refractivity contribution >= 4 is 15.9 Å². The fourth-order valence-corrected chi connectivity index (χ4v) is 4.98. The number of carbonyl (C=O) groups is 1. The van der Waals surface area contributed by atoms with Crippen molar-refractivity contribution in [2.45, 2.75) is 62.9 Å². The van der Waals surface area contributed by atoms with Gasteiger partial charge < -0.3 is 10.1 Å². The highest BCUT2D eigenvalue weighted by atomic mass is 32.2. The Bertz CT molecular complexity index is 857. The molecule has 1 saturated carbocycles. The molecule has 154 valence electrons. The van der Waals surface area contributed by atoms with E-state index in [2.05, 4.69) is 5.32 Å². The Kier molecular flexibility index (Phi) is 5.35. The van der Waals surface area contributed by atoms with Gasteiger partial charge in [-0.05, 0) is 62.0 Å². The molecule has 3 fully saturated rings. The van der Waals surface area contributed by atoms with E-state index in [1.54, 1.807) is 0 Å². The quantitative estimate of drug-likeness (QED) is 0.753. The molecule has 1 aromatic rings. The van der Waals surface area contributed by atoms with Gasteiger partial charge in [-0.2, -0.15) is 0 Å². The van der Waals surface area contributed by atoms with E-state index in [4.69, 9.17) is 4.74 Å². The molecular formula is C20H27FN2O4S.